The van der Waals surface area contributed by atoms with Gasteiger partial charge in [-0.25, -0.2) is 5.01 Å². The SMILES string of the molecule is CCOc1ccccc1[C@@H]1C=C(c2ccc(OC)c(OC)c2)NN1C(C)=O. The van der Waals surface area contributed by atoms with Crippen molar-refractivity contribution in [2.24, 2.45) is 0 Å². The predicted molar refractivity (Wildman–Crippen MR) is 104 cm³/mol. The molecule has 1 aliphatic heterocycles. The van der Waals surface area contributed by atoms with Crippen LogP contribution < -0.4 is 19.6 Å². The fraction of sp³-hybridized carbons (Fsp3) is 0.286. The molecule has 0 radical (unpaired) electrons. The number of ether oxygens (including phenoxy) is 3. The van der Waals surface area contributed by atoms with Crippen molar-refractivity contribution in [2.45, 2.75) is 19.9 Å². The molecule has 1 heterocycles. The van der Waals surface area contributed by atoms with E-state index in [0.29, 0.717) is 18.1 Å². The number of hydrazine groups is 1. The van der Waals surface area contributed by atoms with Gasteiger partial charge in [0.15, 0.2) is 11.5 Å². The van der Waals surface area contributed by atoms with Gasteiger partial charge in [-0.2, -0.15) is 0 Å². The van der Waals surface area contributed by atoms with Crippen molar-refractivity contribution in [1.82, 2.24) is 10.4 Å². The molecule has 0 aromatic heterocycles. The molecule has 0 spiro atoms. The Morgan fingerprint density at radius 2 is 1.81 bits per heavy atom. The molecule has 6 heteroatoms. The van der Waals surface area contributed by atoms with Crippen LogP contribution in [0.3, 0.4) is 0 Å². The molecule has 142 valence electrons. The summed E-state index contributed by atoms with van der Waals surface area (Å²) in [5.41, 5.74) is 5.85. The maximum atomic E-state index is 12.2. The second kappa shape index (κ2) is 8.03. The first-order valence-electron chi connectivity index (χ1n) is 8.81. The number of rotatable bonds is 6. The van der Waals surface area contributed by atoms with Gasteiger partial charge in [0, 0.05) is 18.1 Å². The molecule has 0 unspecified atom stereocenters. The lowest BCUT2D eigenvalue weighted by Crippen LogP contribution is -2.38. The number of nitrogens with zero attached hydrogens (tertiary/aromatic N) is 1. The van der Waals surface area contributed by atoms with Crippen LogP contribution in [0.4, 0.5) is 0 Å². The first-order valence-corrected chi connectivity index (χ1v) is 8.81. The summed E-state index contributed by atoms with van der Waals surface area (Å²) in [6.45, 7) is 4.04. The summed E-state index contributed by atoms with van der Waals surface area (Å²) in [5.74, 6) is 1.97. The zero-order valence-corrected chi connectivity index (χ0v) is 16.0. The molecule has 0 fully saturated rings. The van der Waals surface area contributed by atoms with Gasteiger partial charge in [-0.15, -0.1) is 0 Å². The lowest BCUT2D eigenvalue weighted by Gasteiger charge is -2.25. The minimum absolute atomic E-state index is 0.0852. The highest BCUT2D eigenvalue weighted by atomic mass is 16.5. The molecule has 0 saturated heterocycles. The standard InChI is InChI=1S/C21H24N2O4/c1-5-27-19-9-7-6-8-16(19)18-13-17(22-23(18)14(2)24)15-10-11-20(25-3)21(12-15)26-4/h6-13,18,22H,5H2,1-4H3/t18-/m0/s1. The molecule has 1 aliphatic rings. The van der Waals surface area contributed by atoms with E-state index in [2.05, 4.69) is 5.43 Å². The molecule has 0 aliphatic carbocycles. The summed E-state index contributed by atoms with van der Waals surface area (Å²) >= 11 is 0. The maximum Gasteiger partial charge on any atom is 0.238 e. The van der Waals surface area contributed by atoms with E-state index in [1.807, 2.05) is 55.5 Å². The van der Waals surface area contributed by atoms with Crippen molar-refractivity contribution in [3.8, 4) is 17.2 Å². The van der Waals surface area contributed by atoms with Crippen molar-refractivity contribution in [3.05, 3.63) is 59.7 Å². The van der Waals surface area contributed by atoms with Gasteiger partial charge in [-0.3, -0.25) is 10.2 Å². The minimum atomic E-state index is -0.270. The predicted octanol–water partition coefficient (Wildman–Crippen LogP) is 3.55. The molecule has 3 rings (SSSR count). The molecule has 0 bridgehead atoms. The van der Waals surface area contributed by atoms with Crippen LogP contribution in [0.1, 0.15) is 31.0 Å². The van der Waals surface area contributed by atoms with Crippen LogP contribution in [0.5, 0.6) is 17.2 Å². The third-order valence-electron chi connectivity index (χ3n) is 4.41. The largest absolute Gasteiger partial charge is 0.494 e. The number of benzene rings is 2. The van der Waals surface area contributed by atoms with Crippen molar-refractivity contribution < 1.29 is 19.0 Å². The molecule has 1 N–H and O–H groups in total. The van der Waals surface area contributed by atoms with Crippen molar-refractivity contribution in [3.63, 3.8) is 0 Å². The highest BCUT2D eigenvalue weighted by Gasteiger charge is 2.31. The summed E-state index contributed by atoms with van der Waals surface area (Å²) in [5, 5.41) is 1.60. The molecule has 1 atom stereocenters. The normalized spacial score (nSPS) is 15.8. The third-order valence-corrected chi connectivity index (χ3v) is 4.41. The van der Waals surface area contributed by atoms with Crippen molar-refractivity contribution >= 4 is 11.6 Å². The van der Waals surface area contributed by atoms with E-state index < -0.39 is 0 Å². The Balaban J connectivity index is 2.02. The van der Waals surface area contributed by atoms with Crippen molar-refractivity contribution in [1.29, 1.82) is 0 Å². The number of hydrogen-bond donors (Lipinski definition) is 1. The number of amides is 1. The van der Waals surface area contributed by atoms with Crippen LogP contribution in [0, 0.1) is 0 Å². The van der Waals surface area contributed by atoms with Gasteiger partial charge in [-0.05, 0) is 37.3 Å². The van der Waals surface area contributed by atoms with E-state index in [0.717, 1.165) is 22.6 Å². The molecule has 0 saturated carbocycles. The van der Waals surface area contributed by atoms with Gasteiger partial charge in [0.1, 0.15) is 11.8 Å². The Hall–Kier alpha value is -3.15. The number of methoxy groups -OCH3 is 2. The van der Waals surface area contributed by atoms with E-state index in [9.17, 15) is 4.79 Å². The van der Waals surface area contributed by atoms with Crippen molar-refractivity contribution in [2.75, 3.05) is 20.8 Å². The quantitative estimate of drug-likeness (QED) is 0.845. The van der Waals surface area contributed by atoms with E-state index in [4.69, 9.17) is 14.2 Å². The Kier molecular flexibility index (Phi) is 5.54. The van der Waals surface area contributed by atoms with Crippen LogP contribution in [0.15, 0.2) is 48.5 Å². The summed E-state index contributed by atoms with van der Waals surface area (Å²) in [6, 6.07) is 13.1. The first-order chi connectivity index (χ1) is 13.1. The van der Waals surface area contributed by atoms with Crippen LogP contribution in [0.25, 0.3) is 5.70 Å². The lowest BCUT2D eigenvalue weighted by atomic mass is 10.0. The third kappa shape index (κ3) is 3.69. The second-order valence-electron chi connectivity index (χ2n) is 6.07. The van der Waals surface area contributed by atoms with Crippen LogP contribution >= 0.6 is 0 Å². The minimum Gasteiger partial charge on any atom is -0.494 e. The van der Waals surface area contributed by atoms with E-state index in [1.165, 1.54) is 6.92 Å². The number of nitrogens with one attached hydrogen (secondary N) is 1. The van der Waals surface area contributed by atoms with Gasteiger partial charge in [0.05, 0.1) is 26.5 Å². The number of para-hydroxylation sites is 1. The molecule has 2 aromatic rings. The summed E-state index contributed by atoms with van der Waals surface area (Å²) in [7, 11) is 3.20. The fourth-order valence-corrected chi connectivity index (χ4v) is 3.15. The fourth-order valence-electron chi connectivity index (χ4n) is 3.15. The smallest absolute Gasteiger partial charge is 0.238 e. The number of carbonyl (C=O) groups excluding carboxylic acids is 1. The Labute approximate surface area is 159 Å². The van der Waals surface area contributed by atoms with Crippen LogP contribution in [-0.4, -0.2) is 31.7 Å². The maximum absolute atomic E-state index is 12.2. The van der Waals surface area contributed by atoms with E-state index in [1.54, 1.807) is 19.2 Å². The van der Waals surface area contributed by atoms with Gasteiger partial charge < -0.3 is 14.2 Å². The first kappa shape index (κ1) is 18.6. The zero-order valence-electron chi connectivity index (χ0n) is 16.0. The monoisotopic (exact) mass is 368 g/mol. The summed E-state index contributed by atoms with van der Waals surface area (Å²) in [6.07, 6.45) is 2.01. The summed E-state index contributed by atoms with van der Waals surface area (Å²) in [4.78, 5) is 12.2. The van der Waals surface area contributed by atoms with Gasteiger partial charge in [0.2, 0.25) is 5.91 Å². The highest BCUT2D eigenvalue weighted by molar-refractivity contribution is 5.79. The van der Waals surface area contributed by atoms with Crippen LogP contribution in [0.2, 0.25) is 0 Å². The Bertz CT molecular complexity index is 863. The molecular weight excluding hydrogens is 344 g/mol. The van der Waals surface area contributed by atoms with Gasteiger partial charge in [0.25, 0.3) is 0 Å². The Morgan fingerprint density at radius 3 is 2.48 bits per heavy atom. The molecule has 1 amide bonds. The van der Waals surface area contributed by atoms with Gasteiger partial charge in [-0.1, -0.05) is 18.2 Å². The molecule has 27 heavy (non-hydrogen) atoms. The van der Waals surface area contributed by atoms with Crippen LogP contribution in [-0.2, 0) is 4.79 Å². The molecule has 2 aromatic carbocycles. The lowest BCUT2D eigenvalue weighted by molar-refractivity contribution is -0.132. The van der Waals surface area contributed by atoms with Gasteiger partial charge >= 0.3 is 0 Å². The average molecular weight is 368 g/mol. The number of hydrogen-bond acceptors (Lipinski definition) is 5. The zero-order chi connectivity index (χ0) is 19.4. The topological polar surface area (TPSA) is 60.0 Å². The molecular formula is C21H24N2O4. The van der Waals surface area contributed by atoms with E-state index in [-0.39, 0.29) is 11.9 Å². The summed E-state index contributed by atoms with van der Waals surface area (Å²) < 4.78 is 16.4. The highest BCUT2D eigenvalue weighted by Crippen LogP contribution is 2.37. The average Bonchev–Trinajstić information content (AvgIpc) is 3.13. The number of carbonyl (C=O) groups is 1. The second-order valence-corrected chi connectivity index (χ2v) is 6.07. The van der Waals surface area contributed by atoms with E-state index >= 15 is 0 Å². The molecule has 6 nitrogen and oxygen atoms in total. The Morgan fingerprint density at radius 1 is 1.07 bits per heavy atom.